The highest BCUT2D eigenvalue weighted by atomic mass is 16.2. The first-order valence-electron chi connectivity index (χ1n) is 33.7. The van der Waals surface area contributed by atoms with Crippen LogP contribution in [0.3, 0.4) is 0 Å². The van der Waals surface area contributed by atoms with Crippen molar-refractivity contribution in [3.63, 3.8) is 0 Å². The van der Waals surface area contributed by atoms with Gasteiger partial charge in [-0.15, -0.1) is 0 Å². The molecule has 92 heavy (non-hydrogen) atoms. The summed E-state index contributed by atoms with van der Waals surface area (Å²) in [5, 5.41) is 14.1. The van der Waals surface area contributed by atoms with Gasteiger partial charge in [-0.25, -0.2) is 0 Å². The second-order valence-corrected chi connectivity index (χ2v) is 28.3. The van der Waals surface area contributed by atoms with Crippen molar-refractivity contribution in [1.29, 1.82) is 0 Å². The van der Waals surface area contributed by atoms with Gasteiger partial charge < -0.3 is 66.6 Å². The molecule has 25 nitrogen and oxygen atoms in total. The first kappa shape index (κ1) is 83.6. The lowest BCUT2D eigenvalue weighted by molar-refractivity contribution is -0.156. The van der Waals surface area contributed by atoms with Crippen LogP contribution in [0.5, 0.6) is 0 Å². The molecule has 1 aliphatic heterocycles. The molecular weight excluding hydrogens is 1180 g/mol. The van der Waals surface area contributed by atoms with Crippen molar-refractivity contribution in [3.05, 3.63) is 0 Å². The Morgan fingerprint density at radius 1 is 0.467 bits per heavy atom. The van der Waals surface area contributed by atoms with Crippen molar-refractivity contribution in [2.24, 2.45) is 47.2 Å². The lowest BCUT2D eigenvalue weighted by Gasteiger charge is -2.41. The van der Waals surface area contributed by atoms with E-state index in [0.717, 1.165) is 24.2 Å². The van der Waals surface area contributed by atoms with Gasteiger partial charge in [0.1, 0.15) is 60.4 Å². The number of hydrogen-bond acceptors (Lipinski definition) is 13. The molecule has 0 radical (unpaired) electrons. The summed E-state index contributed by atoms with van der Waals surface area (Å²) in [6.45, 7) is 29.1. The minimum atomic E-state index is -1.23. The quantitative estimate of drug-likeness (QED) is 0.0843. The molecule has 1 aliphatic rings. The normalized spacial score (nSPS) is 25.2. The smallest absolute Gasteiger partial charge is 0.246 e. The van der Waals surface area contributed by atoms with Gasteiger partial charge in [-0.05, 0) is 120 Å². The van der Waals surface area contributed by atoms with Gasteiger partial charge >= 0.3 is 0 Å². The molecule has 0 aromatic heterocycles. The van der Waals surface area contributed by atoms with Crippen molar-refractivity contribution in [1.82, 2.24) is 60.9 Å². The zero-order chi connectivity index (χ0) is 70.9. The van der Waals surface area contributed by atoms with Crippen molar-refractivity contribution in [3.8, 4) is 0 Å². The van der Waals surface area contributed by atoms with Crippen LogP contribution in [0.1, 0.15) is 188 Å². The maximum Gasteiger partial charge on any atom is 0.246 e. The van der Waals surface area contributed by atoms with E-state index >= 15 is 14.4 Å². The summed E-state index contributed by atoms with van der Waals surface area (Å²) < 4.78 is 0. The lowest BCUT2D eigenvalue weighted by atomic mass is 9.92. The summed E-state index contributed by atoms with van der Waals surface area (Å²) in [5.41, 5.74) is 5.62. The third kappa shape index (κ3) is 25.8. The molecule has 11 atom stereocenters. The van der Waals surface area contributed by atoms with Crippen LogP contribution in [0.4, 0.5) is 0 Å². The summed E-state index contributed by atoms with van der Waals surface area (Å²) in [6.07, 6.45) is 4.57. The molecule has 1 saturated heterocycles. The minimum Gasteiger partial charge on any atom is -0.356 e. The van der Waals surface area contributed by atoms with E-state index in [4.69, 9.17) is 5.73 Å². The van der Waals surface area contributed by atoms with Crippen LogP contribution in [0.25, 0.3) is 0 Å². The van der Waals surface area contributed by atoms with E-state index in [1.54, 1.807) is 34.6 Å². The SMILES string of the molecule is CC[C@@H]1NC(=O)[C@H](C[C@H](C)CCCC(=O)NCCCCCN)N(C)C(=O)[C@H](C(C)C)N(C)C(=O)[C@H](CC(C)C)N(C)C(=O)[C@H](CC(C)C)N(C)C(=O)[C@@H](C)NC(=O)[C@H](C)NC(=O)[C@H](CC(C)C)N(C)C(=O)[C@H](C(C)C)NC(=O)[C@H](CC(C)C)N(C)C(=O)CN(C)C1=O. The van der Waals surface area contributed by atoms with Gasteiger partial charge in [-0.3, -0.25) is 57.5 Å². The molecule has 1 rings (SSSR count). The minimum absolute atomic E-state index is 0.0712. The molecule has 1 heterocycles. The molecule has 7 N–H and O–H groups in total. The Kier molecular flexibility index (Phi) is 36.3. The fourth-order valence-electron chi connectivity index (χ4n) is 11.7. The zero-order valence-corrected chi connectivity index (χ0v) is 60.5. The standard InChI is InChI=1S/C67H123N13O12/c1-24-48-63(88)74(17)38-55(82)75(18)49(33-39(2)3)61(86)73-56(43(10)11)66(91)76(19)50(34-40(4)5)59(84)70-46(15)58(83)71-47(16)62(87)78(21)52(35-41(6)7)64(89)79(22)53(36-42(8)9)65(90)80(23)57(44(12)13)67(92)77(20)51(60(85)72-48)37-45(14)29-28-30-54(81)69-32-27-25-26-31-68/h39-53,56-57H,24-38,68H2,1-23H3,(H,69,81)(H,70,84)(H,71,83)(H,72,85)(H,73,86)/t45-,46+,47-,48+,49+,50+,51+,52+,53+,56+,57+/m1/s1. The van der Waals surface area contributed by atoms with Crippen LogP contribution in [-0.4, -0.2) is 235 Å². The number of nitrogens with zero attached hydrogens (tertiary/aromatic N) is 7. The molecule has 0 spiro atoms. The average molecular weight is 1300 g/mol. The topological polar surface area (TPSA) is 314 Å². The Labute approximate surface area is 551 Å². The first-order valence-corrected chi connectivity index (χ1v) is 33.7. The largest absolute Gasteiger partial charge is 0.356 e. The Morgan fingerprint density at radius 3 is 1.39 bits per heavy atom. The van der Waals surface area contributed by atoms with E-state index in [-0.39, 0.29) is 80.4 Å². The number of amides is 12. The van der Waals surface area contributed by atoms with Crippen LogP contribution in [0, 0.1) is 41.4 Å². The molecule has 12 amide bonds. The van der Waals surface area contributed by atoms with Crippen molar-refractivity contribution >= 4 is 70.9 Å². The third-order valence-corrected chi connectivity index (χ3v) is 17.4. The molecule has 0 bridgehead atoms. The monoisotopic (exact) mass is 1300 g/mol. The zero-order valence-electron chi connectivity index (χ0n) is 60.5. The summed E-state index contributed by atoms with van der Waals surface area (Å²) in [5.74, 6) is -8.94. The molecule has 25 heteroatoms. The molecule has 0 aromatic rings. The lowest BCUT2D eigenvalue weighted by Crippen LogP contribution is -2.61. The maximum absolute atomic E-state index is 15.3. The molecule has 1 fully saturated rings. The Morgan fingerprint density at radius 2 is 0.902 bits per heavy atom. The number of nitrogens with two attached hydrogens (primary N) is 1. The first-order chi connectivity index (χ1) is 42.7. The van der Waals surface area contributed by atoms with E-state index < -0.39 is 144 Å². The number of carbonyl (C=O) groups excluding carboxylic acids is 12. The highest BCUT2D eigenvalue weighted by molar-refractivity contribution is 5.99. The summed E-state index contributed by atoms with van der Waals surface area (Å²) >= 11 is 0. The van der Waals surface area contributed by atoms with E-state index in [1.165, 1.54) is 92.6 Å². The number of carbonyl (C=O) groups is 12. The van der Waals surface area contributed by atoms with Crippen LogP contribution >= 0.6 is 0 Å². The number of nitrogens with one attached hydrogen (secondary N) is 5. The molecule has 0 aliphatic carbocycles. The summed E-state index contributed by atoms with van der Waals surface area (Å²) in [4.78, 5) is 183. The van der Waals surface area contributed by atoms with Crippen LogP contribution in [0.15, 0.2) is 0 Å². The predicted molar refractivity (Wildman–Crippen MR) is 357 cm³/mol. The van der Waals surface area contributed by atoms with Crippen molar-refractivity contribution in [2.75, 3.05) is 69.0 Å². The van der Waals surface area contributed by atoms with Crippen LogP contribution in [0.2, 0.25) is 0 Å². The Balaban J connectivity index is 4.25. The molecule has 528 valence electrons. The summed E-state index contributed by atoms with van der Waals surface area (Å²) in [7, 11) is 10.2. The van der Waals surface area contributed by atoms with E-state index in [2.05, 4.69) is 26.6 Å². The predicted octanol–water partition coefficient (Wildman–Crippen LogP) is 3.75. The highest BCUT2D eigenvalue weighted by Crippen LogP contribution is 2.26. The van der Waals surface area contributed by atoms with Gasteiger partial charge in [0.05, 0.1) is 6.54 Å². The number of unbranched alkanes of at least 4 members (excludes halogenated alkanes) is 2. The average Bonchev–Trinajstić information content (AvgIpc) is 0.883. The van der Waals surface area contributed by atoms with Gasteiger partial charge in [0.2, 0.25) is 70.9 Å². The second-order valence-electron chi connectivity index (χ2n) is 28.3. The van der Waals surface area contributed by atoms with Gasteiger partial charge in [-0.1, -0.05) is 110 Å². The molecule has 0 saturated carbocycles. The molecular formula is C67H123N13O12. The Hall–Kier alpha value is -6.40. The van der Waals surface area contributed by atoms with Gasteiger partial charge in [-0.2, -0.15) is 0 Å². The van der Waals surface area contributed by atoms with Gasteiger partial charge in [0, 0.05) is 62.3 Å². The highest BCUT2D eigenvalue weighted by Gasteiger charge is 2.44. The Bertz CT molecular complexity index is 2460. The van der Waals surface area contributed by atoms with Crippen LogP contribution in [-0.2, 0) is 57.5 Å². The molecule has 0 unspecified atom stereocenters. The maximum atomic E-state index is 15.3. The molecule has 0 aromatic carbocycles. The van der Waals surface area contributed by atoms with Crippen LogP contribution < -0.4 is 32.3 Å². The van der Waals surface area contributed by atoms with Gasteiger partial charge in [0.15, 0.2) is 0 Å². The van der Waals surface area contributed by atoms with Gasteiger partial charge in [0.25, 0.3) is 0 Å². The third-order valence-electron chi connectivity index (χ3n) is 17.4. The fraction of sp³-hybridized carbons (Fsp3) is 0.821. The van der Waals surface area contributed by atoms with E-state index in [1.807, 2.05) is 62.3 Å². The summed E-state index contributed by atoms with van der Waals surface area (Å²) in [6, 6.07) is -11.8. The number of rotatable bonds is 22. The van der Waals surface area contributed by atoms with Crippen molar-refractivity contribution in [2.45, 2.75) is 248 Å². The fourth-order valence-corrected chi connectivity index (χ4v) is 11.7. The number of likely N-dealkylation sites (N-methyl/N-ethyl adjacent to an activating group) is 7. The van der Waals surface area contributed by atoms with Crippen molar-refractivity contribution < 1.29 is 57.5 Å². The van der Waals surface area contributed by atoms with E-state index in [9.17, 15) is 43.2 Å². The van der Waals surface area contributed by atoms with E-state index in [0.29, 0.717) is 25.9 Å². The second kappa shape index (κ2) is 40.0. The number of hydrogen-bond donors (Lipinski definition) is 6.